The molecular formula is C18H24N4O. The van der Waals surface area contributed by atoms with Gasteiger partial charge in [-0.25, -0.2) is 0 Å². The van der Waals surface area contributed by atoms with Crippen molar-refractivity contribution in [1.29, 1.82) is 0 Å². The van der Waals surface area contributed by atoms with Gasteiger partial charge < -0.3 is 15.5 Å². The minimum atomic E-state index is -0.162. The van der Waals surface area contributed by atoms with Crippen LogP contribution in [0.3, 0.4) is 0 Å². The molecule has 0 spiro atoms. The normalized spacial score (nSPS) is 10.6. The molecule has 0 bridgehead atoms. The molecule has 1 aromatic heterocycles. The lowest BCUT2D eigenvalue weighted by atomic mass is 10.1. The first-order chi connectivity index (χ1) is 11.1. The van der Waals surface area contributed by atoms with Gasteiger partial charge in [-0.1, -0.05) is 24.3 Å². The number of benzene rings is 1. The van der Waals surface area contributed by atoms with Crippen molar-refractivity contribution in [2.45, 2.75) is 13.5 Å². The van der Waals surface area contributed by atoms with E-state index in [1.54, 1.807) is 12.3 Å². The number of anilines is 1. The van der Waals surface area contributed by atoms with Crippen LogP contribution in [-0.4, -0.2) is 43.0 Å². The average Bonchev–Trinajstić information content (AvgIpc) is 2.54. The highest BCUT2D eigenvalue weighted by atomic mass is 16.1. The Labute approximate surface area is 137 Å². The summed E-state index contributed by atoms with van der Waals surface area (Å²) in [6, 6.07) is 11.7. The molecule has 5 heteroatoms. The predicted octanol–water partition coefficient (Wildman–Crippen LogP) is 2.29. The molecule has 0 unspecified atom stereocenters. The van der Waals surface area contributed by atoms with Crippen molar-refractivity contribution in [2.24, 2.45) is 0 Å². The number of likely N-dealkylation sites (N-methyl/N-ethyl adjacent to an activating group) is 1. The van der Waals surface area contributed by atoms with Gasteiger partial charge in [0.2, 0.25) is 0 Å². The Hall–Kier alpha value is -2.40. The summed E-state index contributed by atoms with van der Waals surface area (Å²) in [6.45, 7) is 4.29. The summed E-state index contributed by atoms with van der Waals surface area (Å²) in [6.07, 6.45) is 1.65. The molecule has 122 valence electrons. The third kappa shape index (κ3) is 5.38. The molecule has 0 radical (unpaired) electrons. The van der Waals surface area contributed by atoms with Crippen LogP contribution in [0.25, 0.3) is 0 Å². The minimum absolute atomic E-state index is 0.162. The second-order valence-electron chi connectivity index (χ2n) is 5.77. The van der Waals surface area contributed by atoms with Gasteiger partial charge in [0.25, 0.3) is 5.91 Å². The van der Waals surface area contributed by atoms with Crippen LogP contribution in [0.2, 0.25) is 0 Å². The summed E-state index contributed by atoms with van der Waals surface area (Å²) in [7, 11) is 4.05. The Morgan fingerprint density at radius 1 is 1.22 bits per heavy atom. The van der Waals surface area contributed by atoms with Crippen molar-refractivity contribution in [3.63, 3.8) is 0 Å². The Morgan fingerprint density at radius 3 is 2.74 bits per heavy atom. The van der Waals surface area contributed by atoms with Crippen LogP contribution in [-0.2, 0) is 6.54 Å². The second-order valence-corrected chi connectivity index (χ2v) is 5.77. The maximum atomic E-state index is 12.3. The number of carbonyl (C=O) groups is 1. The third-order valence-electron chi connectivity index (χ3n) is 3.58. The van der Waals surface area contributed by atoms with Crippen molar-refractivity contribution in [3.05, 3.63) is 59.4 Å². The average molecular weight is 312 g/mol. The van der Waals surface area contributed by atoms with E-state index in [0.29, 0.717) is 12.2 Å². The summed E-state index contributed by atoms with van der Waals surface area (Å²) >= 11 is 0. The summed E-state index contributed by atoms with van der Waals surface area (Å²) in [4.78, 5) is 18.5. The van der Waals surface area contributed by atoms with Crippen LogP contribution in [0.5, 0.6) is 0 Å². The molecule has 0 saturated carbocycles. The van der Waals surface area contributed by atoms with E-state index in [-0.39, 0.29) is 5.91 Å². The molecule has 1 amide bonds. The molecule has 2 N–H and O–H groups in total. The number of rotatable bonds is 7. The lowest BCUT2D eigenvalue weighted by molar-refractivity contribution is 0.0946. The van der Waals surface area contributed by atoms with Crippen molar-refractivity contribution in [1.82, 2.24) is 15.2 Å². The molecule has 1 aromatic carbocycles. The maximum absolute atomic E-state index is 12.3. The van der Waals surface area contributed by atoms with Crippen molar-refractivity contribution >= 4 is 11.6 Å². The molecule has 0 aliphatic rings. The molecule has 2 rings (SSSR count). The van der Waals surface area contributed by atoms with Crippen molar-refractivity contribution in [2.75, 3.05) is 32.5 Å². The van der Waals surface area contributed by atoms with E-state index in [4.69, 9.17) is 0 Å². The molecule has 5 nitrogen and oxygen atoms in total. The van der Waals surface area contributed by atoms with E-state index >= 15 is 0 Å². The van der Waals surface area contributed by atoms with Gasteiger partial charge in [0.15, 0.2) is 0 Å². The Balaban J connectivity index is 1.93. The second kappa shape index (κ2) is 8.29. The first-order valence-electron chi connectivity index (χ1n) is 7.73. The summed E-state index contributed by atoms with van der Waals surface area (Å²) < 4.78 is 0. The van der Waals surface area contributed by atoms with Crippen LogP contribution in [0.1, 0.15) is 21.6 Å². The highest BCUT2D eigenvalue weighted by Crippen LogP contribution is 2.09. The van der Waals surface area contributed by atoms with E-state index in [0.717, 1.165) is 24.3 Å². The minimum Gasteiger partial charge on any atom is -0.384 e. The molecule has 1 heterocycles. The number of amides is 1. The Bertz CT molecular complexity index is 655. The fourth-order valence-corrected chi connectivity index (χ4v) is 2.16. The van der Waals surface area contributed by atoms with Gasteiger partial charge in [-0.15, -0.1) is 0 Å². The van der Waals surface area contributed by atoms with E-state index in [2.05, 4.69) is 20.5 Å². The van der Waals surface area contributed by atoms with Crippen molar-refractivity contribution < 1.29 is 4.79 Å². The van der Waals surface area contributed by atoms with E-state index < -0.39 is 0 Å². The van der Waals surface area contributed by atoms with E-state index in [1.165, 1.54) is 5.56 Å². The molecule has 0 atom stereocenters. The predicted molar refractivity (Wildman–Crippen MR) is 93.6 cm³/mol. The van der Waals surface area contributed by atoms with Gasteiger partial charge >= 0.3 is 0 Å². The van der Waals surface area contributed by atoms with Gasteiger partial charge in [0, 0.05) is 31.5 Å². The van der Waals surface area contributed by atoms with Gasteiger partial charge in [-0.2, -0.15) is 0 Å². The standard InChI is InChI=1S/C18H24N4O/c1-14-6-4-5-7-15(14)13-21-18(23)17-12-16(8-9-20-17)19-10-11-22(2)3/h4-9,12H,10-11,13H2,1-3H3,(H,19,20)(H,21,23). The number of aryl methyl sites for hydroxylation is 1. The van der Waals surface area contributed by atoms with Crippen molar-refractivity contribution in [3.8, 4) is 0 Å². The number of pyridine rings is 1. The monoisotopic (exact) mass is 312 g/mol. The molecule has 0 aliphatic heterocycles. The molecule has 23 heavy (non-hydrogen) atoms. The van der Waals surface area contributed by atoms with Gasteiger partial charge in [0.05, 0.1) is 0 Å². The smallest absolute Gasteiger partial charge is 0.270 e. The van der Waals surface area contributed by atoms with Gasteiger partial charge in [0.1, 0.15) is 5.69 Å². The van der Waals surface area contributed by atoms with Gasteiger partial charge in [-0.3, -0.25) is 9.78 Å². The summed E-state index contributed by atoms with van der Waals surface area (Å²) in [5.74, 6) is -0.162. The van der Waals surface area contributed by atoms with Gasteiger partial charge in [-0.05, 0) is 44.3 Å². The zero-order valence-electron chi connectivity index (χ0n) is 14.0. The van der Waals surface area contributed by atoms with E-state index in [1.807, 2.05) is 51.4 Å². The summed E-state index contributed by atoms with van der Waals surface area (Å²) in [5, 5.41) is 6.21. The fourth-order valence-electron chi connectivity index (χ4n) is 2.16. The highest BCUT2D eigenvalue weighted by molar-refractivity contribution is 5.93. The van der Waals surface area contributed by atoms with E-state index in [9.17, 15) is 4.79 Å². The van der Waals surface area contributed by atoms with Crippen LogP contribution < -0.4 is 10.6 Å². The number of aromatic nitrogens is 1. The maximum Gasteiger partial charge on any atom is 0.270 e. The first-order valence-corrected chi connectivity index (χ1v) is 7.73. The quantitative estimate of drug-likeness (QED) is 0.823. The van der Waals surface area contributed by atoms with Crippen LogP contribution in [0.4, 0.5) is 5.69 Å². The number of nitrogens with one attached hydrogen (secondary N) is 2. The SMILES string of the molecule is Cc1ccccc1CNC(=O)c1cc(NCCN(C)C)ccn1. The molecule has 0 fully saturated rings. The molecule has 2 aromatic rings. The van der Waals surface area contributed by atoms with Crippen LogP contribution >= 0.6 is 0 Å². The number of hydrogen-bond donors (Lipinski definition) is 2. The lowest BCUT2D eigenvalue weighted by Crippen LogP contribution is -2.24. The Kier molecular flexibility index (Phi) is 6.11. The topological polar surface area (TPSA) is 57.3 Å². The third-order valence-corrected chi connectivity index (χ3v) is 3.58. The number of nitrogens with zero attached hydrogens (tertiary/aromatic N) is 2. The highest BCUT2D eigenvalue weighted by Gasteiger charge is 2.08. The van der Waals surface area contributed by atoms with Crippen LogP contribution in [0, 0.1) is 6.92 Å². The molecule has 0 aliphatic carbocycles. The zero-order chi connectivity index (χ0) is 16.7. The lowest BCUT2D eigenvalue weighted by Gasteiger charge is -2.12. The van der Waals surface area contributed by atoms with Crippen LogP contribution in [0.15, 0.2) is 42.6 Å². The fraction of sp³-hybridized carbons (Fsp3) is 0.333. The molecule has 0 saturated heterocycles. The first kappa shape index (κ1) is 17.0. The zero-order valence-corrected chi connectivity index (χ0v) is 14.0. The molecular weight excluding hydrogens is 288 g/mol. The number of carbonyl (C=O) groups excluding carboxylic acids is 1. The number of hydrogen-bond acceptors (Lipinski definition) is 4. The summed E-state index contributed by atoms with van der Waals surface area (Å²) in [5.41, 5.74) is 3.61. The largest absolute Gasteiger partial charge is 0.384 e. The Morgan fingerprint density at radius 2 is 2.00 bits per heavy atom.